The van der Waals surface area contributed by atoms with Gasteiger partial charge in [0, 0.05) is 32.6 Å². The lowest BCUT2D eigenvalue weighted by molar-refractivity contribution is -0.152. The minimum atomic E-state index is -0.251. The van der Waals surface area contributed by atoms with Crippen molar-refractivity contribution in [2.45, 2.75) is 33.1 Å². The first-order valence-electron chi connectivity index (χ1n) is 7.80. The van der Waals surface area contributed by atoms with Crippen molar-refractivity contribution in [2.24, 2.45) is 11.8 Å². The molecule has 2 saturated heterocycles. The molecular weight excluding hydrogens is 272 g/mol. The van der Waals surface area contributed by atoms with E-state index in [1.165, 1.54) is 0 Å². The molecule has 0 aromatic heterocycles. The summed E-state index contributed by atoms with van der Waals surface area (Å²) in [6, 6.07) is 0. The highest BCUT2D eigenvalue weighted by Crippen LogP contribution is 2.24. The number of hydrogen-bond donors (Lipinski definition) is 0. The van der Waals surface area contributed by atoms with Crippen molar-refractivity contribution in [3.8, 4) is 0 Å². The molecule has 0 bridgehead atoms. The number of piperidine rings is 1. The fourth-order valence-electron chi connectivity index (χ4n) is 3.13. The number of likely N-dealkylation sites (tertiary alicyclic amines) is 2. The Kier molecular flexibility index (Phi) is 5.20. The predicted octanol–water partition coefficient (Wildman–Crippen LogP) is 0.656. The molecule has 0 aromatic carbocycles. The molecule has 6 nitrogen and oxygen atoms in total. The third kappa shape index (κ3) is 3.54. The molecule has 2 aliphatic rings. The number of amides is 2. The molecule has 2 atom stereocenters. The van der Waals surface area contributed by atoms with Crippen LogP contribution in [0.3, 0.4) is 0 Å². The van der Waals surface area contributed by atoms with Gasteiger partial charge in [0.1, 0.15) is 0 Å². The Hall–Kier alpha value is -1.59. The molecular formula is C15H24N2O4. The van der Waals surface area contributed by atoms with Crippen molar-refractivity contribution in [3.63, 3.8) is 0 Å². The fraction of sp³-hybridized carbons (Fsp3) is 0.800. The molecule has 21 heavy (non-hydrogen) atoms. The number of nitrogens with zero attached hydrogens (tertiary/aromatic N) is 2. The van der Waals surface area contributed by atoms with Crippen LogP contribution >= 0.6 is 0 Å². The molecule has 0 N–H and O–H groups in total. The summed E-state index contributed by atoms with van der Waals surface area (Å²) in [6.07, 6.45) is 1.88. The quantitative estimate of drug-likeness (QED) is 0.715. The van der Waals surface area contributed by atoms with E-state index in [9.17, 15) is 14.4 Å². The Morgan fingerprint density at radius 2 is 2.00 bits per heavy atom. The highest BCUT2D eigenvalue weighted by molar-refractivity contribution is 5.89. The van der Waals surface area contributed by atoms with Crippen LogP contribution in [-0.4, -0.2) is 60.4 Å². The Labute approximate surface area is 125 Å². The van der Waals surface area contributed by atoms with Crippen molar-refractivity contribution in [3.05, 3.63) is 0 Å². The first-order chi connectivity index (χ1) is 10.1. The van der Waals surface area contributed by atoms with Crippen LogP contribution < -0.4 is 0 Å². The first-order valence-corrected chi connectivity index (χ1v) is 7.80. The van der Waals surface area contributed by atoms with Gasteiger partial charge in [0.05, 0.1) is 18.4 Å². The van der Waals surface area contributed by atoms with Crippen molar-refractivity contribution in [1.29, 1.82) is 0 Å². The molecule has 1 unspecified atom stereocenters. The molecule has 118 valence electrons. The smallest absolute Gasteiger partial charge is 0.310 e. The molecule has 2 rings (SSSR count). The van der Waals surface area contributed by atoms with E-state index >= 15 is 0 Å². The van der Waals surface area contributed by atoms with Crippen LogP contribution in [-0.2, 0) is 19.1 Å². The van der Waals surface area contributed by atoms with Gasteiger partial charge in [-0.25, -0.2) is 0 Å². The standard InChI is InChI=1S/C15H24N2O4/c1-3-16-10-12(8-13(16)18)14(19)17-7-5-6-11(9-17)15(20)21-4-2/h11-12H,3-10H2,1-2H3/t11-,12?/m1/s1. The summed E-state index contributed by atoms with van der Waals surface area (Å²) in [5, 5.41) is 0. The maximum absolute atomic E-state index is 12.5. The van der Waals surface area contributed by atoms with Crippen LogP contribution in [0, 0.1) is 11.8 Å². The largest absolute Gasteiger partial charge is 0.466 e. The number of carbonyl (C=O) groups is 3. The van der Waals surface area contributed by atoms with Crippen LogP contribution in [0.5, 0.6) is 0 Å². The molecule has 6 heteroatoms. The number of carbonyl (C=O) groups excluding carboxylic acids is 3. The molecule has 0 spiro atoms. The van der Waals surface area contributed by atoms with Crippen molar-refractivity contribution < 1.29 is 19.1 Å². The third-order valence-electron chi connectivity index (χ3n) is 4.30. The third-order valence-corrected chi connectivity index (χ3v) is 4.30. The first kappa shape index (κ1) is 15.8. The minimum absolute atomic E-state index is 0.00768. The molecule has 0 aliphatic carbocycles. The molecule has 2 fully saturated rings. The highest BCUT2D eigenvalue weighted by Gasteiger charge is 2.38. The summed E-state index contributed by atoms with van der Waals surface area (Å²) in [7, 11) is 0. The van der Waals surface area contributed by atoms with Gasteiger partial charge in [0.2, 0.25) is 11.8 Å². The molecule has 2 aliphatic heterocycles. The van der Waals surface area contributed by atoms with Gasteiger partial charge in [-0.05, 0) is 26.7 Å². The molecule has 0 aromatic rings. The normalized spacial score (nSPS) is 26.1. The average Bonchev–Trinajstić information content (AvgIpc) is 2.88. The Morgan fingerprint density at radius 3 is 2.62 bits per heavy atom. The van der Waals surface area contributed by atoms with Gasteiger partial charge in [0.15, 0.2) is 0 Å². The zero-order valence-corrected chi connectivity index (χ0v) is 12.8. The summed E-state index contributed by atoms with van der Waals surface area (Å²) < 4.78 is 5.05. The monoisotopic (exact) mass is 296 g/mol. The highest BCUT2D eigenvalue weighted by atomic mass is 16.5. The van der Waals surface area contributed by atoms with E-state index in [0.29, 0.717) is 39.2 Å². The maximum Gasteiger partial charge on any atom is 0.310 e. The Balaban J connectivity index is 1.93. The van der Waals surface area contributed by atoms with E-state index in [-0.39, 0.29) is 29.6 Å². The second-order valence-electron chi connectivity index (χ2n) is 5.71. The van der Waals surface area contributed by atoms with Gasteiger partial charge in [-0.15, -0.1) is 0 Å². The number of ether oxygens (including phenoxy) is 1. The Bertz CT molecular complexity index is 424. The second kappa shape index (κ2) is 6.91. The van der Waals surface area contributed by atoms with Gasteiger partial charge in [0.25, 0.3) is 0 Å². The van der Waals surface area contributed by atoms with Gasteiger partial charge in [-0.1, -0.05) is 0 Å². The summed E-state index contributed by atoms with van der Waals surface area (Å²) in [5.74, 6) is -0.629. The topological polar surface area (TPSA) is 66.9 Å². The van der Waals surface area contributed by atoms with Crippen LogP contribution in [0.15, 0.2) is 0 Å². The van der Waals surface area contributed by atoms with Gasteiger partial charge >= 0.3 is 5.97 Å². The lowest BCUT2D eigenvalue weighted by Crippen LogP contribution is -2.45. The summed E-state index contributed by atoms with van der Waals surface area (Å²) >= 11 is 0. The molecule has 2 heterocycles. The predicted molar refractivity (Wildman–Crippen MR) is 76.3 cm³/mol. The van der Waals surface area contributed by atoms with E-state index in [4.69, 9.17) is 4.74 Å². The van der Waals surface area contributed by atoms with Gasteiger partial charge in [-0.3, -0.25) is 14.4 Å². The van der Waals surface area contributed by atoms with Crippen LogP contribution in [0.4, 0.5) is 0 Å². The zero-order chi connectivity index (χ0) is 15.4. The maximum atomic E-state index is 12.5. The molecule has 0 saturated carbocycles. The van der Waals surface area contributed by atoms with Crippen LogP contribution in [0.2, 0.25) is 0 Å². The minimum Gasteiger partial charge on any atom is -0.466 e. The SMILES string of the molecule is CCOC(=O)[C@@H]1CCCN(C(=O)C2CC(=O)N(CC)C2)C1. The number of esters is 1. The van der Waals surface area contributed by atoms with E-state index in [1.807, 2.05) is 6.92 Å². The Morgan fingerprint density at radius 1 is 1.24 bits per heavy atom. The van der Waals surface area contributed by atoms with E-state index in [0.717, 1.165) is 12.8 Å². The van der Waals surface area contributed by atoms with Crippen molar-refractivity contribution >= 4 is 17.8 Å². The van der Waals surface area contributed by atoms with Crippen LogP contribution in [0.1, 0.15) is 33.1 Å². The summed E-state index contributed by atoms with van der Waals surface area (Å²) in [6.45, 7) is 6.32. The van der Waals surface area contributed by atoms with E-state index < -0.39 is 0 Å². The van der Waals surface area contributed by atoms with Gasteiger partial charge in [-0.2, -0.15) is 0 Å². The lowest BCUT2D eigenvalue weighted by atomic mass is 9.96. The molecule has 2 amide bonds. The lowest BCUT2D eigenvalue weighted by Gasteiger charge is -2.33. The summed E-state index contributed by atoms with van der Waals surface area (Å²) in [5.41, 5.74) is 0. The number of rotatable bonds is 4. The number of hydrogen-bond acceptors (Lipinski definition) is 4. The van der Waals surface area contributed by atoms with E-state index in [1.54, 1.807) is 16.7 Å². The van der Waals surface area contributed by atoms with Gasteiger partial charge < -0.3 is 14.5 Å². The average molecular weight is 296 g/mol. The fourth-order valence-corrected chi connectivity index (χ4v) is 3.13. The van der Waals surface area contributed by atoms with Crippen molar-refractivity contribution in [2.75, 3.05) is 32.8 Å². The second-order valence-corrected chi connectivity index (χ2v) is 5.71. The van der Waals surface area contributed by atoms with Crippen molar-refractivity contribution in [1.82, 2.24) is 9.80 Å². The molecule has 0 radical (unpaired) electrons. The van der Waals surface area contributed by atoms with Crippen LogP contribution in [0.25, 0.3) is 0 Å². The zero-order valence-electron chi connectivity index (χ0n) is 12.8. The summed E-state index contributed by atoms with van der Waals surface area (Å²) in [4.78, 5) is 39.5. The van der Waals surface area contributed by atoms with E-state index in [2.05, 4.69) is 0 Å².